The Morgan fingerprint density at radius 3 is 2.71 bits per heavy atom. The lowest BCUT2D eigenvalue weighted by Crippen LogP contribution is -2.50. The third-order valence-electron chi connectivity index (χ3n) is 6.65. The highest BCUT2D eigenvalue weighted by Gasteiger charge is 2.47. The molecule has 9 heteroatoms. The summed E-state index contributed by atoms with van der Waals surface area (Å²) in [4.78, 5) is 24.6. The number of nitrogens with one attached hydrogen (secondary N) is 2. The largest absolute Gasteiger partial charge is 0.417 e. The summed E-state index contributed by atoms with van der Waals surface area (Å²) in [5, 5.41) is 5.77. The lowest BCUT2D eigenvalue weighted by atomic mass is 10.0. The van der Waals surface area contributed by atoms with Crippen LogP contribution in [0.3, 0.4) is 0 Å². The summed E-state index contributed by atoms with van der Waals surface area (Å²) >= 11 is 0. The number of aryl methyl sites for hydroxylation is 2. The number of amides is 1. The van der Waals surface area contributed by atoms with Crippen molar-refractivity contribution in [3.8, 4) is 11.4 Å². The molecule has 35 heavy (non-hydrogen) atoms. The van der Waals surface area contributed by atoms with Gasteiger partial charge in [-0.15, -0.1) is 0 Å². The number of halogens is 3. The topological polar surface area (TPSA) is 70.2 Å². The summed E-state index contributed by atoms with van der Waals surface area (Å²) in [5.74, 6) is 0.297. The average molecular weight is 486 g/mol. The van der Waals surface area contributed by atoms with Gasteiger partial charge in [-0.1, -0.05) is 18.2 Å². The number of pyridine rings is 2. The molecule has 1 amide bonds. The lowest BCUT2D eigenvalue weighted by Gasteiger charge is -2.34. The number of nitrogens with zero attached hydrogens (tertiary/aromatic N) is 3. The van der Waals surface area contributed by atoms with Crippen molar-refractivity contribution < 1.29 is 18.0 Å². The summed E-state index contributed by atoms with van der Waals surface area (Å²) in [7, 11) is 1.43. The summed E-state index contributed by atoms with van der Waals surface area (Å²) in [6.07, 6.45) is 4.29. The number of allylic oxidation sites excluding steroid dienone is 2. The van der Waals surface area contributed by atoms with Gasteiger partial charge >= 0.3 is 6.18 Å². The summed E-state index contributed by atoms with van der Waals surface area (Å²) in [5.41, 5.74) is 2.89. The third kappa shape index (κ3) is 5.40. The van der Waals surface area contributed by atoms with Gasteiger partial charge in [-0.05, 0) is 55.9 Å². The van der Waals surface area contributed by atoms with Crippen LogP contribution in [0.15, 0.2) is 54.5 Å². The van der Waals surface area contributed by atoms with E-state index in [9.17, 15) is 18.0 Å². The van der Waals surface area contributed by atoms with Gasteiger partial charge in [-0.3, -0.25) is 14.8 Å². The van der Waals surface area contributed by atoms with Gasteiger partial charge in [0.15, 0.2) is 0 Å². The van der Waals surface area contributed by atoms with E-state index < -0.39 is 11.7 Å². The van der Waals surface area contributed by atoms with Crippen LogP contribution in [0.4, 0.5) is 13.2 Å². The fourth-order valence-corrected chi connectivity index (χ4v) is 5.07. The Morgan fingerprint density at radius 2 is 2.03 bits per heavy atom. The number of rotatable bonds is 7. The highest BCUT2D eigenvalue weighted by atomic mass is 19.4. The van der Waals surface area contributed by atoms with Crippen LogP contribution >= 0.6 is 0 Å². The maximum absolute atomic E-state index is 13.7. The molecule has 3 atom stereocenters. The molecule has 1 saturated heterocycles. The molecule has 2 aliphatic rings. The molecule has 3 unspecified atom stereocenters. The van der Waals surface area contributed by atoms with Crippen molar-refractivity contribution in [2.75, 3.05) is 20.1 Å². The zero-order chi connectivity index (χ0) is 25.2. The number of hydrogen-bond acceptors (Lipinski definition) is 5. The summed E-state index contributed by atoms with van der Waals surface area (Å²) < 4.78 is 39.1. The number of carbonyl (C=O) groups excluding carboxylic acids is 1. The van der Waals surface area contributed by atoms with Crippen LogP contribution in [-0.2, 0) is 0 Å². The van der Waals surface area contributed by atoms with Crippen LogP contribution in [0.2, 0.25) is 0 Å². The summed E-state index contributed by atoms with van der Waals surface area (Å²) in [6, 6.07) is 5.68. The van der Waals surface area contributed by atoms with E-state index in [1.807, 2.05) is 36.9 Å². The Balaban J connectivity index is 1.49. The highest BCUT2D eigenvalue weighted by Crippen LogP contribution is 2.39. The Bertz CT molecular complexity index is 1140. The number of hydrogen-bond donors (Lipinski definition) is 2. The second-order valence-electron chi connectivity index (χ2n) is 9.24. The van der Waals surface area contributed by atoms with Crippen molar-refractivity contribution in [1.29, 1.82) is 0 Å². The molecule has 6 nitrogen and oxygen atoms in total. The maximum atomic E-state index is 13.7. The van der Waals surface area contributed by atoms with E-state index in [1.165, 1.54) is 13.1 Å². The molecule has 1 saturated carbocycles. The molecule has 2 bridgehead atoms. The minimum absolute atomic E-state index is 0.00553. The van der Waals surface area contributed by atoms with Gasteiger partial charge in [0.25, 0.3) is 5.91 Å². The first kappa shape index (κ1) is 24.9. The Hall–Kier alpha value is -3.20. The quantitative estimate of drug-likeness (QED) is 0.576. The van der Waals surface area contributed by atoms with Crippen molar-refractivity contribution >= 4 is 5.91 Å². The molecule has 1 aliphatic heterocycles. The van der Waals surface area contributed by atoms with Gasteiger partial charge in [-0.2, -0.15) is 13.2 Å². The van der Waals surface area contributed by atoms with E-state index in [1.54, 1.807) is 12.4 Å². The molecular weight excluding hydrogens is 455 g/mol. The van der Waals surface area contributed by atoms with Gasteiger partial charge in [0.05, 0.1) is 16.8 Å². The highest BCUT2D eigenvalue weighted by molar-refractivity contribution is 6.00. The number of likely N-dealkylation sites (tertiary alicyclic amines) is 1. The van der Waals surface area contributed by atoms with Crippen molar-refractivity contribution in [3.05, 3.63) is 71.2 Å². The third-order valence-corrected chi connectivity index (χ3v) is 6.65. The predicted molar refractivity (Wildman–Crippen MR) is 129 cm³/mol. The Labute approximate surface area is 203 Å². The molecule has 0 spiro atoms. The normalized spacial score (nSPS) is 22.3. The molecule has 4 rings (SSSR count). The van der Waals surface area contributed by atoms with E-state index in [0.717, 1.165) is 36.2 Å². The fraction of sp³-hybridized carbons (Fsp3) is 0.423. The van der Waals surface area contributed by atoms with Gasteiger partial charge < -0.3 is 15.5 Å². The molecule has 186 valence electrons. The van der Waals surface area contributed by atoms with E-state index in [4.69, 9.17) is 0 Å². The zero-order valence-electron chi connectivity index (χ0n) is 20.1. The monoisotopic (exact) mass is 485 g/mol. The van der Waals surface area contributed by atoms with Crippen molar-refractivity contribution in [3.63, 3.8) is 0 Å². The standard InChI is InChI=1S/C26H30F3N5O/c1-16-10-20(24(33-13-16)23-17(2)6-4-9-32-23)25(35)34-15-18-11-21(22(34)12-18)31-8-5-7-19(14-30-3)26(27,28)29/h4-7,9-10,13-14,18,21-22,30-31H,8,11-12,15H2,1-3H3/b7-5-,19-14+. The number of alkyl halides is 3. The van der Waals surface area contributed by atoms with E-state index in [-0.39, 0.29) is 24.5 Å². The molecule has 2 N–H and O–H groups in total. The predicted octanol–water partition coefficient (Wildman–Crippen LogP) is 4.17. The molecule has 2 aromatic rings. The molecule has 2 fully saturated rings. The number of aromatic nitrogens is 2. The van der Waals surface area contributed by atoms with Gasteiger partial charge in [0.1, 0.15) is 5.69 Å². The number of fused-ring (bicyclic) bond motifs is 2. The van der Waals surface area contributed by atoms with Crippen LogP contribution in [-0.4, -0.2) is 59.2 Å². The molecule has 2 aromatic heterocycles. The zero-order valence-corrected chi connectivity index (χ0v) is 20.1. The van der Waals surface area contributed by atoms with Gasteiger partial charge in [0.2, 0.25) is 0 Å². The number of piperidine rings is 1. The fourth-order valence-electron chi connectivity index (χ4n) is 5.07. The first-order valence-corrected chi connectivity index (χ1v) is 11.7. The first-order valence-electron chi connectivity index (χ1n) is 11.7. The minimum Gasteiger partial charge on any atom is -0.393 e. The lowest BCUT2D eigenvalue weighted by molar-refractivity contribution is -0.0885. The molecule has 0 radical (unpaired) electrons. The van der Waals surface area contributed by atoms with Crippen LogP contribution in [0.25, 0.3) is 11.4 Å². The molecule has 1 aliphatic carbocycles. The first-order chi connectivity index (χ1) is 16.7. The second kappa shape index (κ2) is 10.2. The smallest absolute Gasteiger partial charge is 0.393 e. The van der Waals surface area contributed by atoms with Crippen LogP contribution in [0.5, 0.6) is 0 Å². The van der Waals surface area contributed by atoms with Crippen LogP contribution in [0, 0.1) is 19.8 Å². The van der Waals surface area contributed by atoms with Gasteiger partial charge in [-0.25, -0.2) is 0 Å². The molecule has 0 aromatic carbocycles. The van der Waals surface area contributed by atoms with Crippen LogP contribution < -0.4 is 10.6 Å². The van der Waals surface area contributed by atoms with Crippen LogP contribution in [0.1, 0.15) is 34.3 Å². The van der Waals surface area contributed by atoms with Crippen molar-refractivity contribution in [1.82, 2.24) is 25.5 Å². The minimum atomic E-state index is -4.42. The van der Waals surface area contributed by atoms with Gasteiger partial charge in [0, 0.05) is 50.8 Å². The second-order valence-corrected chi connectivity index (χ2v) is 9.24. The molecule has 3 heterocycles. The van der Waals surface area contributed by atoms with Crippen molar-refractivity contribution in [2.45, 2.75) is 44.9 Å². The van der Waals surface area contributed by atoms with Crippen molar-refractivity contribution in [2.24, 2.45) is 5.92 Å². The van der Waals surface area contributed by atoms with E-state index >= 15 is 0 Å². The van der Waals surface area contributed by atoms with E-state index in [0.29, 0.717) is 29.4 Å². The Kier molecular flexibility index (Phi) is 7.25. The number of carbonyl (C=O) groups is 1. The van der Waals surface area contributed by atoms with E-state index in [2.05, 4.69) is 20.6 Å². The molecular formula is C26H30F3N5O. The average Bonchev–Trinajstić information content (AvgIpc) is 3.41. The Morgan fingerprint density at radius 1 is 1.23 bits per heavy atom. The SMILES string of the molecule is CN/C=C(\C=C/CNC1CC2CC1N(C(=O)c1cc(C)cnc1-c1ncccc1C)C2)C(F)(F)F. The maximum Gasteiger partial charge on any atom is 0.417 e. The summed E-state index contributed by atoms with van der Waals surface area (Å²) in [6.45, 7) is 4.81.